The molecule has 0 amide bonds. The summed E-state index contributed by atoms with van der Waals surface area (Å²) < 4.78 is 0. The molecule has 0 N–H and O–H groups in total. The molecule has 14 heavy (non-hydrogen) atoms. The Hall–Kier alpha value is -0.460. The first-order valence-electron chi connectivity index (χ1n) is 4.73. The van der Waals surface area contributed by atoms with E-state index in [1.165, 1.54) is 0 Å². The molecule has 0 fully saturated rings. The van der Waals surface area contributed by atoms with Crippen LogP contribution in [0.2, 0.25) is 10.0 Å². The molecule has 1 unspecified atom stereocenters. The van der Waals surface area contributed by atoms with E-state index < -0.39 is 0 Å². The van der Waals surface area contributed by atoms with Crippen LogP contribution in [0.5, 0.6) is 0 Å². The van der Waals surface area contributed by atoms with Crippen LogP contribution in [0.1, 0.15) is 18.9 Å². The van der Waals surface area contributed by atoms with Crippen LogP contribution in [0.15, 0.2) is 30.9 Å². The van der Waals surface area contributed by atoms with Gasteiger partial charge in [0.05, 0.1) is 0 Å². The summed E-state index contributed by atoms with van der Waals surface area (Å²) in [4.78, 5) is 0. The van der Waals surface area contributed by atoms with Crippen molar-refractivity contribution in [3.63, 3.8) is 0 Å². The monoisotopic (exact) mass is 228 g/mol. The third-order valence-electron chi connectivity index (χ3n) is 2.35. The van der Waals surface area contributed by atoms with Crippen LogP contribution in [0, 0.1) is 5.92 Å². The maximum Gasteiger partial charge on any atom is 0.0453 e. The highest BCUT2D eigenvalue weighted by Gasteiger charge is 2.06. The Morgan fingerprint density at radius 3 is 2.64 bits per heavy atom. The van der Waals surface area contributed by atoms with Gasteiger partial charge in [-0.1, -0.05) is 42.3 Å². The van der Waals surface area contributed by atoms with Crippen LogP contribution in [0.25, 0.3) is 0 Å². The summed E-state index contributed by atoms with van der Waals surface area (Å²) in [6.07, 6.45) is 4.00. The summed E-state index contributed by atoms with van der Waals surface area (Å²) in [7, 11) is 0. The van der Waals surface area contributed by atoms with Crippen LogP contribution < -0.4 is 0 Å². The molecule has 0 radical (unpaired) electrons. The number of halogens is 2. The van der Waals surface area contributed by atoms with Crippen molar-refractivity contribution in [2.24, 2.45) is 5.92 Å². The molecule has 2 heteroatoms. The second-order valence-electron chi connectivity index (χ2n) is 3.34. The standard InChI is InChI=1S/C12H14Cl2/c1-3-9(4-2)7-10-5-6-11(13)8-12(10)14/h3,5-6,8-9H,1,4,7H2,2H3. The summed E-state index contributed by atoms with van der Waals surface area (Å²) in [6, 6.07) is 5.64. The van der Waals surface area contributed by atoms with Gasteiger partial charge in [-0.05, 0) is 36.5 Å². The predicted molar refractivity (Wildman–Crippen MR) is 64.1 cm³/mol. The third kappa shape index (κ3) is 3.04. The van der Waals surface area contributed by atoms with Gasteiger partial charge in [0.1, 0.15) is 0 Å². The van der Waals surface area contributed by atoms with E-state index in [1.54, 1.807) is 6.07 Å². The fourth-order valence-electron chi connectivity index (χ4n) is 1.36. The van der Waals surface area contributed by atoms with E-state index in [4.69, 9.17) is 23.2 Å². The molecular weight excluding hydrogens is 215 g/mol. The molecule has 0 spiro atoms. The number of allylic oxidation sites excluding steroid dienone is 1. The van der Waals surface area contributed by atoms with E-state index in [2.05, 4.69) is 13.5 Å². The summed E-state index contributed by atoms with van der Waals surface area (Å²) >= 11 is 11.9. The van der Waals surface area contributed by atoms with Gasteiger partial charge in [0.25, 0.3) is 0 Å². The van der Waals surface area contributed by atoms with E-state index >= 15 is 0 Å². The first kappa shape index (κ1) is 11.6. The van der Waals surface area contributed by atoms with Gasteiger partial charge in [-0.15, -0.1) is 6.58 Å². The first-order valence-corrected chi connectivity index (χ1v) is 5.49. The number of rotatable bonds is 4. The van der Waals surface area contributed by atoms with Crippen molar-refractivity contribution in [1.29, 1.82) is 0 Å². The minimum Gasteiger partial charge on any atom is -0.103 e. The molecule has 1 rings (SSSR count). The average molecular weight is 229 g/mol. The predicted octanol–water partition coefficient (Wildman–Crippen LogP) is 4.75. The minimum absolute atomic E-state index is 0.494. The van der Waals surface area contributed by atoms with Crippen LogP contribution in [-0.4, -0.2) is 0 Å². The van der Waals surface area contributed by atoms with E-state index in [0.717, 1.165) is 23.4 Å². The Balaban J connectivity index is 2.80. The number of hydrogen-bond acceptors (Lipinski definition) is 0. The maximum atomic E-state index is 6.07. The fourth-order valence-corrected chi connectivity index (χ4v) is 1.85. The van der Waals surface area contributed by atoms with Gasteiger partial charge in [0.2, 0.25) is 0 Å². The quantitative estimate of drug-likeness (QED) is 0.653. The Morgan fingerprint density at radius 2 is 2.14 bits per heavy atom. The van der Waals surface area contributed by atoms with Crippen molar-refractivity contribution >= 4 is 23.2 Å². The third-order valence-corrected chi connectivity index (χ3v) is 2.94. The van der Waals surface area contributed by atoms with E-state index in [9.17, 15) is 0 Å². The van der Waals surface area contributed by atoms with E-state index in [-0.39, 0.29) is 0 Å². The van der Waals surface area contributed by atoms with Crippen LogP contribution >= 0.6 is 23.2 Å². The summed E-state index contributed by atoms with van der Waals surface area (Å²) in [6.45, 7) is 5.96. The lowest BCUT2D eigenvalue weighted by Crippen LogP contribution is -1.99. The molecule has 0 nitrogen and oxygen atoms in total. The van der Waals surface area contributed by atoms with Crippen LogP contribution in [0.3, 0.4) is 0 Å². The van der Waals surface area contributed by atoms with Crippen LogP contribution in [0.4, 0.5) is 0 Å². The van der Waals surface area contributed by atoms with Crippen molar-refractivity contribution in [2.75, 3.05) is 0 Å². The van der Waals surface area contributed by atoms with Gasteiger partial charge in [-0.25, -0.2) is 0 Å². The zero-order valence-corrected chi connectivity index (χ0v) is 9.78. The molecule has 0 bridgehead atoms. The molecule has 0 saturated heterocycles. The Morgan fingerprint density at radius 1 is 1.43 bits per heavy atom. The lowest BCUT2D eigenvalue weighted by atomic mass is 9.97. The van der Waals surface area contributed by atoms with Gasteiger partial charge in [-0.2, -0.15) is 0 Å². The molecule has 0 saturated carbocycles. The summed E-state index contributed by atoms with van der Waals surface area (Å²) in [5, 5.41) is 1.43. The van der Waals surface area contributed by atoms with Gasteiger partial charge in [0.15, 0.2) is 0 Å². The zero-order valence-electron chi connectivity index (χ0n) is 8.26. The second-order valence-corrected chi connectivity index (χ2v) is 4.19. The molecule has 0 aliphatic heterocycles. The first-order chi connectivity index (χ1) is 6.67. The van der Waals surface area contributed by atoms with Crippen molar-refractivity contribution in [2.45, 2.75) is 19.8 Å². The van der Waals surface area contributed by atoms with Gasteiger partial charge < -0.3 is 0 Å². The van der Waals surface area contributed by atoms with Gasteiger partial charge in [-0.3, -0.25) is 0 Å². The van der Waals surface area contributed by atoms with Crippen molar-refractivity contribution < 1.29 is 0 Å². The Bertz CT molecular complexity index is 318. The van der Waals surface area contributed by atoms with Crippen molar-refractivity contribution in [1.82, 2.24) is 0 Å². The molecule has 0 aliphatic rings. The summed E-state index contributed by atoms with van der Waals surface area (Å²) in [5.74, 6) is 0.494. The fraction of sp³-hybridized carbons (Fsp3) is 0.333. The molecule has 0 aromatic heterocycles. The molecule has 0 heterocycles. The highest BCUT2D eigenvalue weighted by Crippen LogP contribution is 2.24. The largest absolute Gasteiger partial charge is 0.103 e. The van der Waals surface area contributed by atoms with E-state index in [1.807, 2.05) is 18.2 Å². The molecular formula is C12H14Cl2. The lowest BCUT2D eigenvalue weighted by molar-refractivity contribution is 0.626. The Kier molecular flexibility index (Phi) is 4.50. The van der Waals surface area contributed by atoms with Crippen molar-refractivity contribution in [3.05, 3.63) is 46.5 Å². The van der Waals surface area contributed by atoms with Gasteiger partial charge >= 0.3 is 0 Å². The minimum atomic E-state index is 0.494. The number of benzene rings is 1. The molecule has 1 aromatic rings. The molecule has 0 aliphatic carbocycles. The van der Waals surface area contributed by atoms with Crippen molar-refractivity contribution in [3.8, 4) is 0 Å². The zero-order chi connectivity index (χ0) is 10.6. The van der Waals surface area contributed by atoms with Crippen LogP contribution in [-0.2, 0) is 6.42 Å². The lowest BCUT2D eigenvalue weighted by Gasteiger charge is -2.10. The Labute approximate surface area is 95.5 Å². The smallest absolute Gasteiger partial charge is 0.0453 e. The average Bonchev–Trinajstić information content (AvgIpc) is 2.17. The normalized spacial score (nSPS) is 12.5. The second kappa shape index (κ2) is 5.43. The molecule has 1 atom stereocenters. The maximum absolute atomic E-state index is 6.07. The SMILES string of the molecule is C=CC(CC)Cc1ccc(Cl)cc1Cl. The highest BCUT2D eigenvalue weighted by atomic mass is 35.5. The molecule has 1 aromatic carbocycles. The number of hydrogen-bond donors (Lipinski definition) is 0. The van der Waals surface area contributed by atoms with Gasteiger partial charge in [0, 0.05) is 10.0 Å². The highest BCUT2D eigenvalue weighted by molar-refractivity contribution is 6.35. The summed E-state index contributed by atoms with van der Waals surface area (Å²) in [5.41, 5.74) is 1.14. The van der Waals surface area contributed by atoms with E-state index in [0.29, 0.717) is 10.9 Å². The molecule has 76 valence electrons. The topological polar surface area (TPSA) is 0 Å².